The second-order valence-corrected chi connectivity index (χ2v) is 2.98. The number of carbonyl (C=O) groups is 3. The van der Waals surface area contributed by atoms with Crippen molar-refractivity contribution >= 4 is 17.8 Å². The average Bonchev–Trinajstić information content (AvgIpc) is 2.25. The van der Waals surface area contributed by atoms with Crippen LogP contribution >= 0.6 is 0 Å². The number of primary amides is 1. The molecule has 0 aliphatic heterocycles. The van der Waals surface area contributed by atoms with Crippen molar-refractivity contribution in [3.05, 3.63) is 34.9 Å². The van der Waals surface area contributed by atoms with E-state index in [2.05, 4.69) is 5.92 Å². The first kappa shape index (κ1) is 12.3. The van der Waals surface area contributed by atoms with Gasteiger partial charge >= 0.3 is 11.9 Å². The lowest BCUT2D eigenvalue weighted by Gasteiger charge is -2.00. The Hall–Kier alpha value is -2.81. The van der Waals surface area contributed by atoms with Crippen molar-refractivity contribution in [3.63, 3.8) is 0 Å². The molecule has 1 aromatic carbocycles. The van der Waals surface area contributed by atoms with Gasteiger partial charge in [-0.05, 0) is 18.2 Å². The van der Waals surface area contributed by atoms with E-state index < -0.39 is 17.8 Å². The molecule has 0 radical (unpaired) electrons. The highest BCUT2D eigenvalue weighted by Gasteiger charge is 2.12. The van der Waals surface area contributed by atoms with Crippen LogP contribution in [0.3, 0.4) is 0 Å². The Balaban J connectivity index is 3.34. The lowest BCUT2D eigenvalue weighted by Crippen LogP contribution is -2.07. The van der Waals surface area contributed by atoms with Crippen LogP contribution in [0, 0.1) is 11.8 Å². The topological polar surface area (TPSA) is 118 Å². The number of rotatable bonds is 2. The van der Waals surface area contributed by atoms with Crippen molar-refractivity contribution in [1.82, 2.24) is 0 Å². The zero-order chi connectivity index (χ0) is 13.0. The monoisotopic (exact) mass is 233 g/mol. The number of hydrogen-bond donors (Lipinski definition) is 3. The quantitative estimate of drug-likeness (QED) is 0.617. The molecule has 0 aliphatic carbocycles. The summed E-state index contributed by atoms with van der Waals surface area (Å²) < 4.78 is 0. The van der Waals surface area contributed by atoms with Crippen LogP contribution in [0.25, 0.3) is 0 Å². The summed E-state index contributed by atoms with van der Waals surface area (Å²) in [7, 11) is 0. The molecule has 0 saturated carbocycles. The fourth-order valence-electron chi connectivity index (χ4n) is 1.09. The Bertz CT molecular complexity index is 565. The van der Waals surface area contributed by atoms with Gasteiger partial charge < -0.3 is 15.9 Å². The van der Waals surface area contributed by atoms with Gasteiger partial charge in [-0.1, -0.05) is 5.92 Å². The molecule has 17 heavy (non-hydrogen) atoms. The van der Waals surface area contributed by atoms with Crippen molar-refractivity contribution in [3.8, 4) is 11.8 Å². The van der Waals surface area contributed by atoms with E-state index in [0.717, 1.165) is 6.07 Å². The van der Waals surface area contributed by atoms with E-state index in [1.54, 1.807) is 0 Å². The maximum Gasteiger partial charge on any atom is 0.336 e. The first-order chi connectivity index (χ1) is 7.91. The van der Waals surface area contributed by atoms with Crippen molar-refractivity contribution in [1.29, 1.82) is 0 Å². The molecule has 0 saturated heterocycles. The molecular weight excluding hydrogens is 226 g/mol. The summed E-state index contributed by atoms with van der Waals surface area (Å²) in [5.41, 5.74) is 4.35. The summed E-state index contributed by atoms with van der Waals surface area (Å²) in [6, 6.07) is 3.37. The minimum atomic E-state index is -1.33. The van der Waals surface area contributed by atoms with Crippen molar-refractivity contribution in [2.75, 3.05) is 0 Å². The van der Waals surface area contributed by atoms with Crippen molar-refractivity contribution in [2.24, 2.45) is 5.73 Å². The van der Waals surface area contributed by atoms with Gasteiger partial charge in [-0.15, -0.1) is 0 Å². The van der Waals surface area contributed by atoms with E-state index >= 15 is 0 Å². The molecule has 0 spiro atoms. The molecule has 0 unspecified atom stereocenters. The van der Waals surface area contributed by atoms with Gasteiger partial charge in [0.05, 0.1) is 11.1 Å². The summed E-state index contributed by atoms with van der Waals surface area (Å²) in [6.45, 7) is 0. The van der Waals surface area contributed by atoms with Crippen molar-refractivity contribution in [2.45, 2.75) is 0 Å². The molecular formula is C11H7NO5. The third kappa shape index (κ3) is 3.07. The first-order valence-electron chi connectivity index (χ1n) is 4.34. The molecule has 1 amide bonds. The maximum absolute atomic E-state index is 10.9. The molecule has 0 aliphatic rings. The normalized spacial score (nSPS) is 8.94. The third-order valence-corrected chi connectivity index (χ3v) is 1.82. The molecule has 0 atom stereocenters. The third-order valence-electron chi connectivity index (χ3n) is 1.82. The number of nitrogens with two attached hydrogens (primary N) is 1. The molecule has 6 heteroatoms. The minimum Gasteiger partial charge on any atom is -0.478 e. The molecule has 86 valence electrons. The highest BCUT2D eigenvalue weighted by atomic mass is 16.4. The Morgan fingerprint density at radius 1 is 1.12 bits per heavy atom. The largest absolute Gasteiger partial charge is 0.478 e. The smallest absolute Gasteiger partial charge is 0.336 e. The fraction of sp³-hybridized carbons (Fsp3) is 0. The standard InChI is InChI=1S/C11H7NO5/c12-9(13)4-3-6-1-2-7(10(14)15)5-8(6)11(16)17/h1-2,5H,(H2,12,13)(H,14,15)(H,16,17). The Labute approximate surface area is 95.7 Å². The van der Waals surface area contributed by atoms with Crippen LogP contribution in [0.4, 0.5) is 0 Å². The number of benzene rings is 1. The Morgan fingerprint density at radius 3 is 2.24 bits per heavy atom. The molecule has 0 aromatic heterocycles. The van der Waals surface area contributed by atoms with Crippen LogP contribution in [0.1, 0.15) is 26.3 Å². The van der Waals surface area contributed by atoms with Gasteiger partial charge in [-0.2, -0.15) is 0 Å². The van der Waals surface area contributed by atoms with Gasteiger partial charge in [0.15, 0.2) is 0 Å². The van der Waals surface area contributed by atoms with E-state index in [4.69, 9.17) is 15.9 Å². The van der Waals surface area contributed by atoms with E-state index in [0.29, 0.717) is 0 Å². The average molecular weight is 233 g/mol. The second-order valence-electron chi connectivity index (χ2n) is 2.98. The van der Waals surface area contributed by atoms with E-state index in [1.165, 1.54) is 12.1 Å². The molecule has 0 fully saturated rings. The minimum absolute atomic E-state index is 0.0290. The summed E-state index contributed by atoms with van der Waals surface area (Å²) >= 11 is 0. The number of amides is 1. The lowest BCUT2D eigenvalue weighted by molar-refractivity contribution is -0.112. The number of carbonyl (C=O) groups excluding carboxylic acids is 1. The van der Waals surface area contributed by atoms with Gasteiger partial charge in [0.2, 0.25) is 0 Å². The van der Waals surface area contributed by atoms with Crippen LogP contribution in [-0.2, 0) is 4.79 Å². The predicted octanol–water partition coefficient (Wildman–Crippen LogP) is -0.0802. The van der Waals surface area contributed by atoms with E-state index in [9.17, 15) is 14.4 Å². The van der Waals surface area contributed by atoms with E-state index in [-0.39, 0.29) is 16.7 Å². The van der Waals surface area contributed by atoms with Crippen LogP contribution in [0.15, 0.2) is 18.2 Å². The second kappa shape index (κ2) is 4.81. The first-order valence-corrected chi connectivity index (χ1v) is 4.34. The summed E-state index contributed by atoms with van der Waals surface area (Å²) in [6.07, 6.45) is 0. The maximum atomic E-state index is 10.9. The number of carboxylic acids is 2. The summed E-state index contributed by atoms with van der Waals surface area (Å²) in [5.74, 6) is 0.767. The number of aromatic carboxylic acids is 2. The molecule has 4 N–H and O–H groups in total. The SMILES string of the molecule is NC(=O)C#Cc1ccc(C(=O)O)cc1C(=O)O. The highest BCUT2D eigenvalue weighted by Crippen LogP contribution is 2.11. The zero-order valence-corrected chi connectivity index (χ0v) is 8.43. The highest BCUT2D eigenvalue weighted by molar-refractivity contribution is 5.97. The number of hydrogen-bond acceptors (Lipinski definition) is 3. The zero-order valence-electron chi connectivity index (χ0n) is 8.43. The van der Waals surface area contributed by atoms with Gasteiger partial charge in [0, 0.05) is 11.5 Å². The summed E-state index contributed by atoms with van der Waals surface area (Å²) in [4.78, 5) is 32.0. The van der Waals surface area contributed by atoms with Crippen LogP contribution in [0.2, 0.25) is 0 Å². The van der Waals surface area contributed by atoms with Crippen LogP contribution in [0.5, 0.6) is 0 Å². The predicted molar refractivity (Wildman–Crippen MR) is 56.4 cm³/mol. The van der Waals surface area contributed by atoms with E-state index in [1.807, 2.05) is 5.92 Å². The van der Waals surface area contributed by atoms with Gasteiger partial charge in [0.25, 0.3) is 5.91 Å². The summed E-state index contributed by atoms with van der Waals surface area (Å²) in [5, 5.41) is 17.6. The molecule has 1 rings (SSSR count). The molecule has 1 aromatic rings. The van der Waals surface area contributed by atoms with Crippen LogP contribution < -0.4 is 5.73 Å². The van der Waals surface area contributed by atoms with Crippen molar-refractivity contribution < 1.29 is 24.6 Å². The van der Waals surface area contributed by atoms with Gasteiger partial charge in [-0.25, -0.2) is 9.59 Å². The Morgan fingerprint density at radius 2 is 1.76 bits per heavy atom. The molecule has 6 nitrogen and oxygen atoms in total. The Kier molecular flexibility index (Phi) is 3.47. The van der Waals surface area contributed by atoms with Gasteiger partial charge in [0.1, 0.15) is 0 Å². The van der Waals surface area contributed by atoms with Gasteiger partial charge in [-0.3, -0.25) is 4.79 Å². The molecule has 0 bridgehead atoms. The molecule has 0 heterocycles. The number of carboxylic acid groups (broad SMARTS) is 2. The van der Waals surface area contributed by atoms with Crippen LogP contribution in [-0.4, -0.2) is 28.1 Å². The fourth-order valence-corrected chi connectivity index (χ4v) is 1.09. The lowest BCUT2D eigenvalue weighted by atomic mass is 10.0.